The van der Waals surface area contributed by atoms with E-state index in [1.165, 1.54) is 10.9 Å². The van der Waals surface area contributed by atoms with Crippen LogP contribution in [-0.2, 0) is 11.8 Å². The van der Waals surface area contributed by atoms with E-state index in [4.69, 9.17) is 0 Å². The van der Waals surface area contributed by atoms with Crippen molar-refractivity contribution < 1.29 is 5.11 Å². The molecule has 1 aromatic heterocycles. The van der Waals surface area contributed by atoms with Crippen LogP contribution in [-0.4, -0.2) is 21.0 Å². The van der Waals surface area contributed by atoms with Crippen molar-refractivity contribution in [2.45, 2.75) is 39.5 Å². The summed E-state index contributed by atoms with van der Waals surface area (Å²) in [6, 6.07) is 12.7. The molecule has 3 rings (SSSR count). The normalized spacial score (nSPS) is 12.2. The SMILES string of the molecule is CCc1nc2ccccc2c(=O)n1/N=C/c1cc(C(C)(C)C)ccc1O. The molecule has 5 nitrogen and oxygen atoms in total. The molecule has 0 fully saturated rings. The number of nitrogens with zero attached hydrogens (tertiary/aromatic N) is 3. The van der Waals surface area contributed by atoms with Crippen molar-refractivity contribution in [3.8, 4) is 5.75 Å². The lowest BCUT2D eigenvalue weighted by Gasteiger charge is -2.19. The molecule has 26 heavy (non-hydrogen) atoms. The molecule has 3 aromatic rings. The van der Waals surface area contributed by atoms with Gasteiger partial charge in [0.15, 0.2) is 0 Å². The fourth-order valence-electron chi connectivity index (χ4n) is 2.76. The van der Waals surface area contributed by atoms with Gasteiger partial charge in [-0.05, 0) is 35.2 Å². The average Bonchev–Trinajstić information content (AvgIpc) is 2.61. The minimum absolute atomic E-state index is 0.0494. The fourth-order valence-corrected chi connectivity index (χ4v) is 2.76. The highest BCUT2D eigenvalue weighted by molar-refractivity contribution is 5.84. The molecule has 0 spiro atoms. The number of aromatic nitrogens is 2. The minimum Gasteiger partial charge on any atom is -0.507 e. The van der Waals surface area contributed by atoms with Crippen LogP contribution in [0.4, 0.5) is 0 Å². The maximum Gasteiger partial charge on any atom is 0.282 e. The molecule has 0 aliphatic carbocycles. The highest BCUT2D eigenvalue weighted by Gasteiger charge is 2.15. The molecular weight excluding hydrogens is 326 g/mol. The molecule has 134 valence electrons. The molecule has 0 radical (unpaired) electrons. The van der Waals surface area contributed by atoms with Gasteiger partial charge in [-0.15, -0.1) is 0 Å². The molecule has 0 atom stereocenters. The summed E-state index contributed by atoms with van der Waals surface area (Å²) in [5.74, 6) is 0.706. The Hall–Kier alpha value is -2.95. The van der Waals surface area contributed by atoms with Crippen LogP contribution in [0.3, 0.4) is 0 Å². The zero-order valence-corrected chi connectivity index (χ0v) is 15.5. The third kappa shape index (κ3) is 3.38. The second-order valence-electron chi connectivity index (χ2n) is 7.28. The number of fused-ring (bicyclic) bond motifs is 1. The van der Waals surface area contributed by atoms with Crippen LogP contribution in [0, 0.1) is 0 Å². The minimum atomic E-state index is -0.213. The van der Waals surface area contributed by atoms with E-state index in [1.807, 2.05) is 37.3 Å². The van der Waals surface area contributed by atoms with E-state index in [2.05, 4.69) is 30.9 Å². The van der Waals surface area contributed by atoms with Gasteiger partial charge in [-0.1, -0.05) is 45.9 Å². The third-order valence-corrected chi connectivity index (χ3v) is 4.34. The van der Waals surface area contributed by atoms with Crippen LogP contribution in [0.2, 0.25) is 0 Å². The zero-order chi connectivity index (χ0) is 18.9. The molecule has 0 saturated heterocycles. The van der Waals surface area contributed by atoms with Crippen molar-refractivity contribution in [3.63, 3.8) is 0 Å². The second kappa shape index (κ2) is 6.75. The van der Waals surface area contributed by atoms with Gasteiger partial charge in [0.25, 0.3) is 5.56 Å². The van der Waals surface area contributed by atoms with Crippen LogP contribution in [0.25, 0.3) is 10.9 Å². The quantitative estimate of drug-likeness (QED) is 0.731. The molecule has 0 saturated carbocycles. The predicted octanol–water partition coefficient (Wildman–Crippen LogP) is 3.84. The summed E-state index contributed by atoms with van der Waals surface area (Å²) in [6.07, 6.45) is 2.09. The lowest BCUT2D eigenvalue weighted by atomic mass is 9.86. The Balaban J connectivity index is 2.12. The standard InChI is InChI=1S/C21H23N3O2/c1-5-19-23-17-9-7-6-8-16(17)20(26)24(19)22-13-14-12-15(21(2,3)4)10-11-18(14)25/h6-13,25H,5H2,1-4H3/b22-13+. The Kier molecular flexibility index (Phi) is 4.64. The molecule has 0 aliphatic heterocycles. The number of aryl methyl sites for hydroxylation is 1. The first-order valence-corrected chi connectivity index (χ1v) is 8.70. The van der Waals surface area contributed by atoms with E-state index in [9.17, 15) is 9.90 Å². The molecule has 5 heteroatoms. The van der Waals surface area contributed by atoms with Gasteiger partial charge in [-0.25, -0.2) is 4.98 Å². The Morgan fingerprint density at radius 1 is 1.19 bits per heavy atom. The van der Waals surface area contributed by atoms with Gasteiger partial charge in [0, 0.05) is 12.0 Å². The highest BCUT2D eigenvalue weighted by atomic mass is 16.3. The Labute approximate surface area is 152 Å². The number of para-hydroxylation sites is 1. The number of rotatable bonds is 3. The number of hydrogen-bond donors (Lipinski definition) is 1. The predicted molar refractivity (Wildman–Crippen MR) is 105 cm³/mol. The van der Waals surface area contributed by atoms with Gasteiger partial charge in [-0.2, -0.15) is 9.78 Å². The van der Waals surface area contributed by atoms with Crippen LogP contribution in [0.15, 0.2) is 52.4 Å². The summed E-state index contributed by atoms with van der Waals surface area (Å²) in [7, 11) is 0. The number of phenols is 1. The Morgan fingerprint density at radius 2 is 1.92 bits per heavy atom. The fraction of sp³-hybridized carbons (Fsp3) is 0.286. The second-order valence-corrected chi connectivity index (χ2v) is 7.28. The number of aromatic hydroxyl groups is 1. The third-order valence-electron chi connectivity index (χ3n) is 4.34. The van der Waals surface area contributed by atoms with Crippen molar-refractivity contribution in [1.29, 1.82) is 0 Å². The average molecular weight is 349 g/mol. The summed E-state index contributed by atoms with van der Waals surface area (Å²) in [6.45, 7) is 8.24. The lowest BCUT2D eigenvalue weighted by Crippen LogP contribution is -2.22. The topological polar surface area (TPSA) is 67.5 Å². The van der Waals surface area contributed by atoms with Gasteiger partial charge in [-0.3, -0.25) is 4.79 Å². The van der Waals surface area contributed by atoms with E-state index < -0.39 is 0 Å². The van der Waals surface area contributed by atoms with Crippen molar-refractivity contribution in [2.75, 3.05) is 0 Å². The summed E-state index contributed by atoms with van der Waals surface area (Å²) >= 11 is 0. The molecule has 0 aliphatic rings. The van der Waals surface area contributed by atoms with Gasteiger partial charge in [0.2, 0.25) is 0 Å². The molecule has 0 unspecified atom stereocenters. The highest BCUT2D eigenvalue weighted by Crippen LogP contribution is 2.26. The van der Waals surface area contributed by atoms with Gasteiger partial charge in [0.05, 0.1) is 17.1 Å². The Morgan fingerprint density at radius 3 is 2.62 bits per heavy atom. The maximum atomic E-state index is 12.8. The molecule has 1 heterocycles. The monoisotopic (exact) mass is 349 g/mol. The van der Waals surface area contributed by atoms with E-state index >= 15 is 0 Å². The molecule has 0 amide bonds. The first-order valence-electron chi connectivity index (χ1n) is 8.70. The maximum absolute atomic E-state index is 12.8. The summed E-state index contributed by atoms with van der Waals surface area (Å²) in [4.78, 5) is 17.3. The molecular formula is C21H23N3O2. The number of phenolic OH excluding ortho intramolecular Hbond substituents is 1. The summed E-state index contributed by atoms with van der Waals surface area (Å²) < 4.78 is 1.31. The number of benzene rings is 2. The lowest BCUT2D eigenvalue weighted by molar-refractivity contribution is 0.473. The molecule has 0 bridgehead atoms. The van der Waals surface area contributed by atoms with E-state index in [1.54, 1.807) is 12.1 Å². The van der Waals surface area contributed by atoms with Crippen LogP contribution < -0.4 is 5.56 Å². The smallest absolute Gasteiger partial charge is 0.282 e. The van der Waals surface area contributed by atoms with Crippen molar-refractivity contribution in [1.82, 2.24) is 9.66 Å². The van der Waals surface area contributed by atoms with Crippen molar-refractivity contribution in [3.05, 3.63) is 69.8 Å². The number of hydrogen-bond acceptors (Lipinski definition) is 4. The van der Waals surface area contributed by atoms with E-state index in [-0.39, 0.29) is 16.7 Å². The molecule has 2 aromatic carbocycles. The van der Waals surface area contributed by atoms with Crippen molar-refractivity contribution >= 4 is 17.1 Å². The largest absolute Gasteiger partial charge is 0.507 e. The van der Waals surface area contributed by atoms with E-state index in [0.29, 0.717) is 28.7 Å². The van der Waals surface area contributed by atoms with Crippen molar-refractivity contribution in [2.24, 2.45) is 5.10 Å². The summed E-state index contributed by atoms with van der Waals surface area (Å²) in [5.41, 5.74) is 2.05. The first-order chi connectivity index (χ1) is 12.3. The van der Waals surface area contributed by atoms with Crippen LogP contribution in [0.1, 0.15) is 44.6 Å². The van der Waals surface area contributed by atoms with Gasteiger partial charge in [0.1, 0.15) is 11.6 Å². The van der Waals surface area contributed by atoms with E-state index in [0.717, 1.165) is 5.56 Å². The van der Waals surface area contributed by atoms with Crippen LogP contribution >= 0.6 is 0 Å². The van der Waals surface area contributed by atoms with Gasteiger partial charge >= 0.3 is 0 Å². The van der Waals surface area contributed by atoms with Crippen LogP contribution in [0.5, 0.6) is 5.75 Å². The first kappa shape index (κ1) is 17.9. The Bertz CT molecular complexity index is 1040. The zero-order valence-electron chi connectivity index (χ0n) is 15.5. The van der Waals surface area contributed by atoms with Gasteiger partial charge < -0.3 is 5.11 Å². The summed E-state index contributed by atoms with van der Waals surface area (Å²) in [5, 5.41) is 15.0. The molecule has 1 N–H and O–H groups in total.